The predicted octanol–water partition coefficient (Wildman–Crippen LogP) is 3.00. The SMILES string of the molecule is COC1(c2noc(-c3ccc(N)c(Cl)c3)n2)CCC1. The van der Waals surface area contributed by atoms with E-state index >= 15 is 0 Å². The highest BCUT2D eigenvalue weighted by Crippen LogP contribution is 2.43. The summed E-state index contributed by atoms with van der Waals surface area (Å²) in [4.78, 5) is 4.41. The maximum Gasteiger partial charge on any atom is 0.258 e. The number of anilines is 1. The number of ether oxygens (including phenoxy) is 1. The number of hydrogen-bond acceptors (Lipinski definition) is 5. The Hall–Kier alpha value is -1.59. The molecular formula is C13H14ClN3O2. The lowest BCUT2D eigenvalue weighted by molar-refractivity contribution is -0.0858. The molecule has 0 bridgehead atoms. The van der Waals surface area contributed by atoms with E-state index in [0.717, 1.165) is 24.8 Å². The van der Waals surface area contributed by atoms with Gasteiger partial charge in [-0.05, 0) is 37.5 Å². The Morgan fingerprint density at radius 3 is 2.79 bits per heavy atom. The van der Waals surface area contributed by atoms with Crippen molar-refractivity contribution in [2.24, 2.45) is 0 Å². The summed E-state index contributed by atoms with van der Waals surface area (Å²) >= 11 is 5.99. The van der Waals surface area contributed by atoms with Gasteiger partial charge in [-0.25, -0.2) is 0 Å². The first-order valence-corrected chi connectivity index (χ1v) is 6.47. The zero-order valence-electron chi connectivity index (χ0n) is 10.5. The van der Waals surface area contributed by atoms with Crippen molar-refractivity contribution in [2.45, 2.75) is 24.9 Å². The lowest BCUT2D eigenvalue weighted by atomic mass is 9.79. The average molecular weight is 280 g/mol. The minimum Gasteiger partial charge on any atom is -0.398 e. The summed E-state index contributed by atoms with van der Waals surface area (Å²) in [6.07, 6.45) is 2.96. The van der Waals surface area contributed by atoms with Gasteiger partial charge in [-0.2, -0.15) is 4.98 Å². The molecule has 1 saturated carbocycles. The molecule has 1 aliphatic rings. The van der Waals surface area contributed by atoms with Crippen LogP contribution in [0.5, 0.6) is 0 Å². The molecule has 2 N–H and O–H groups in total. The number of nitrogen functional groups attached to an aromatic ring is 1. The summed E-state index contributed by atoms with van der Waals surface area (Å²) in [7, 11) is 1.68. The number of halogens is 1. The van der Waals surface area contributed by atoms with Crippen LogP contribution < -0.4 is 5.73 Å². The van der Waals surface area contributed by atoms with Gasteiger partial charge in [0, 0.05) is 12.7 Å². The molecule has 1 fully saturated rings. The number of aromatic nitrogens is 2. The second-order valence-corrected chi connectivity index (χ2v) is 5.12. The third kappa shape index (κ3) is 1.99. The van der Waals surface area contributed by atoms with Crippen molar-refractivity contribution >= 4 is 17.3 Å². The van der Waals surface area contributed by atoms with E-state index in [4.69, 9.17) is 26.6 Å². The van der Waals surface area contributed by atoms with E-state index in [1.165, 1.54) is 0 Å². The fourth-order valence-corrected chi connectivity index (χ4v) is 2.38. The van der Waals surface area contributed by atoms with Gasteiger partial charge in [0.2, 0.25) is 5.82 Å². The van der Waals surface area contributed by atoms with E-state index in [1.54, 1.807) is 25.3 Å². The number of rotatable bonds is 3. The number of benzene rings is 1. The van der Waals surface area contributed by atoms with Crippen LogP contribution >= 0.6 is 11.6 Å². The van der Waals surface area contributed by atoms with Gasteiger partial charge in [-0.1, -0.05) is 16.8 Å². The quantitative estimate of drug-likeness (QED) is 0.874. The van der Waals surface area contributed by atoms with Crippen LogP contribution in [0.1, 0.15) is 25.1 Å². The van der Waals surface area contributed by atoms with Crippen LogP contribution in [0.3, 0.4) is 0 Å². The third-order valence-corrected chi connectivity index (χ3v) is 3.96. The minimum absolute atomic E-state index is 0.376. The van der Waals surface area contributed by atoms with Crippen LogP contribution in [-0.2, 0) is 10.3 Å². The van der Waals surface area contributed by atoms with E-state index < -0.39 is 0 Å². The zero-order chi connectivity index (χ0) is 13.5. The molecule has 0 unspecified atom stereocenters. The zero-order valence-corrected chi connectivity index (χ0v) is 11.3. The van der Waals surface area contributed by atoms with Gasteiger partial charge in [0.25, 0.3) is 5.89 Å². The van der Waals surface area contributed by atoms with Gasteiger partial charge in [-0.3, -0.25) is 0 Å². The molecule has 1 heterocycles. The number of nitrogens with zero attached hydrogens (tertiary/aromatic N) is 2. The summed E-state index contributed by atoms with van der Waals surface area (Å²) in [6, 6.07) is 5.24. The van der Waals surface area contributed by atoms with Gasteiger partial charge in [0.05, 0.1) is 10.7 Å². The van der Waals surface area contributed by atoms with Crippen molar-refractivity contribution in [2.75, 3.05) is 12.8 Å². The van der Waals surface area contributed by atoms with Crippen LogP contribution in [0.2, 0.25) is 5.02 Å². The molecule has 0 radical (unpaired) electrons. The molecule has 0 spiro atoms. The van der Waals surface area contributed by atoms with E-state index in [9.17, 15) is 0 Å². The molecule has 2 aromatic rings. The fraction of sp³-hybridized carbons (Fsp3) is 0.385. The second kappa shape index (κ2) is 4.51. The number of hydrogen-bond donors (Lipinski definition) is 1. The summed E-state index contributed by atoms with van der Waals surface area (Å²) in [5.41, 5.74) is 6.58. The topological polar surface area (TPSA) is 74.2 Å². The second-order valence-electron chi connectivity index (χ2n) is 4.71. The molecule has 3 rings (SSSR count). The highest BCUT2D eigenvalue weighted by Gasteiger charge is 2.43. The number of methoxy groups -OCH3 is 1. The highest BCUT2D eigenvalue weighted by molar-refractivity contribution is 6.33. The molecule has 0 atom stereocenters. The van der Waals surface area contributed by atoms with Crippen molar-refractivity contribution in [3.05, 3.63) is 29.0 Å². The van der Waals surface area contributed by atoms with Gasteiger partial charge in [0.15, 0.2) is 0 Å². The van der Waals surface area contributed by atoms with Crippen LogP contribution in [0.25, 0.3) is 11.5 Å². The monoisotopic (exact) mass is 279 g/mol. The molecule has 0 saturated heterocycles. The molecule has 0 amide bonds. The van der Waals surface area contributed by atoms with Gasteiger partial charge >= 0.3 is 0 Å². The Kier molecular flexibility index (Phi) is 2.95. The Balaban J connectivity index is 1.94. The van der Waals surface area contributed by atoms with Gasteiger partial charge in [-0.15, -0.1) is 0 Å². The van der Waals surface area contributed by atoms with E-state index in [-0.39, 0.29) is 5.60 Å². The minimum atomic E-state index is -0.376. The Bertz CT molecular complexity index is 602. The Morgan fingerprint density at radius 2 is 2.21 bits per heavy atom. The predicted molar refractivity (Wildman–Crippen MR) is 71.7 cm³/mol. The van der Waals surface area contributed by atoms with Crippen LogP contribution in [0.4, 0.5) is 5.69 Å². The van der Waals surface area contributed by atoms with Gasteiger partial charge < -0.3 is 15.0 Å². The summed E-state index contributed by atoms with van der Waals surface area (Å²) in [5.74, 6) is 1.03. The first-order chi connectivity index (χ1) is 9.14. The number of nitrogens with two attached hydrogens (primary N) is 1. The maximum absolute atomic E-state index is 5.99. The summed E-state index contributed by atoms with van der Waals surface area (Å²) < 4.78 is 10.8. The molecule has 5 nitrogen and oxygen atoms in total. The standard InChI is InChI=1S/C13H14ClN3O2/c1-18-13(5-2-6-13)12-16-11(19-17-12)8-3-4-10(15)9(14)7-8/h3-4,7H,2,5-6,15H2,1H3. The van der Waals surface area contributed by atoms with E-state index in [1.807, 2.05) is 0 Å². The maximum atomic E-state index is 5.99. The third-order valence-electron chi connectivity index (χ3n) is 3.63. The molecule has 19 heavy (non-hydrogen) atoms. The molecule has 6 heteroatoms. The average Bonchev–Trinajstić information content (AvgIpc) is 2.82. The highest BCUT2D eigenvalue weighted by atomic mass is 35.5. The van der Waals surface area contributed by atoms with Crippen molar-refractivity contribution < 1.29 is 9.26 Å². The lowest BCUT2D eigenvalue weighted by Gasteiger charge is -2.37. The van der Waals surface area contributed by atoms with Crippen molar-refractivity contribution in [1.82, 2.24) is 10.1 Å². The van der Waals surface area contributed by atoms with Crippen molar-refractivity contribution in [3.8, 4) is 11.5 Å². The Morgan fingerprint density at radius 1 is 1.42 bits per heavy atom. The smallest absolute Gasteiger partial charge is 0.258 e. The largest absolute Gasteiger partial charge is 0.398 e. The Labute approximate surface area is 115 Å². The molecular weight excluding hydrogens is 266 g/mol. The van der Waals surface area contributed by atoms with Crippen LogP contribution in [0, 0.1) is 0 Å². The van der Waals surface area contributed by atoms with E-state index in [0.29, 0.717) is 22.4 Å². The molecule has 1 aromatic carbocycles. The molecule has 1 aromatic heterocycles. The van der Waals surface area contributed by atoms with Crippen LogP contribution in [0.15, 0.2) is 22.7 Å². The van der Waals surface area contributed by atoms with Gasteiger partial charge in [0.1, 0.15) is 5.60 Å². The molecule has 1 aliphatic carbocycles. The van der Waals surface area contributed by atoms with Crippen molar-refractivity contribution in [1.29, 1.82) is 0 Å². The van der Waals surface area contributed by atoms with Crippen LogP contribution in [-0.4, -0.2) is 17.3 Å². The summed E-state index contributed by atoms with van der Waals surface area (Å²) in [6.45, 7) is 0. The molecule has 100 valence electrons. The fourth-order valence-electron chi connectivity index (χ4n) is 2.20. The molecule has 0 aliphatic heterocycles. The first kappa shape index (κ1) is 12.4. The van der Waals surface area contributed by atoms with Crippen molar-refractivity contribution in [3.63, 3.8) is 0 Å². The normalized spacial score (nSPS) is 17.2. The van der Waals surface area contributed by atoms with E-state index in [2.05, 4.69) is 10.1 Å². The summed E-state index contributed by atoms with van der Waals surface area (Å²) in [5, 5.41) is 4.50. The first-order valence-electron chi connectivity index (χ1n) is 6.09. The lowest BCUT2D eigenvalue weighted by Crippen LogP contribution is -2.37.